The first-order chi connectivity index (χ1) is 13.5. The highest BCUT2D eigenvalue weighted by atomic mass is 32.1. The van der Waals surface area contributed by atoms with E-state index in [1.54, 1.807) is 18.8 Å². The first kappa shape index (κ1) is 20.2. The number of ketones is 1. The summed E-state index contributed by atoms with van der Waals surface area (Å²) in [5.74, 6) is 1.50. The summed E-state index contributed by atoms with van der Waals surface area (Å²) in [5.41, 5.74) is 2.70. The molecular formula is C21H24N2O4S. The molecule has 0 atom stereocenters. The molecule has 0 aliphatic rings. The van der Waals surface area contributed by atoms with Crippen molar-refractivity contribution in [3.63, 3.8) is 0 Å². The molecule has 0 fully saturated rings. The van der Waals surface area contributed by atoms with Gasteiger partial charge in [-0.15, -0.1) is 11.3 Å². The van der Waals surface area contributed by atoms with Gasteiger partial charge in [0.25, 0.3) is 5.56 Å². The van der Waals surface area contributed by atoms with E-state index in [9.17, 15) is 9.59 Å². The van der Waals surface area contributed by atoms with Crippen molar-refractivity contribution < 1.29 is 14.3 Å². The van der Waals surface area contributed by atoms with Crippen LogP contribution in [0, 0.1) is 6.92 Å². The number of carbonyl (C=O) groups excluding carboxylic acids is 1. The number of ether oxygens (including phenoxy) is 2. The zero-order valence-corrected chi connectivity index (χ0v) is 17.4. The summed E-state index contributed by atoms with van der Waals surface area (Å²) in [6, 6.07) is 5.87. The van der Waals surface area contributed by atoms with Crippen molar-refractivity contribution in [2.75, 3.05) is 20.8 Å². The standard InChI is InChI=1S/C21H24N2O4S/c1-13-11-15(5-6-17(13)27-4)16-12-28-20-19(16)21(25)23(9-7-14(2)24)18(22-20)8-10-26-3/h5-6,11-12H,7-10H2,1-4H3. The average molecular weight is 401 g/mol. The molecule has 0 amide bonds. The van der Waals surface area contributed by atoms with Crippen LogP contribution in [0.15, 0.2) is 28.4 Å². The van der Waals surface area contributed by atoms with Crippen molar-refractivity contribution in [1.29, 1.82) is 0 Å². The topological polar surface area (TPSA) is 70.4 Å². The number of fused-ring (bicyclic) bond motifs is 1. The van der Waals surface area contributed by atoms with E-state index in [0.717, 1.165) is 22.4 Å². The molecule has 1 aromatic carbocycles. The fourth-order valence-corrected chi connectivity index (χ4v) is 4.17. The van der Waals surface area contributed by atoms with Crippen LogP contribution in [0.25, 0.3) is 21.3 Å². The number of Topliss-reactive ketones (excluding diaryl/α,β-unsaturated/α-hetero) is 1. The average Bonchev–Trinajstić information content (AvgIpc) is 3.09. The van der Waals surface area contributed by atoms with Gasteiger partial charge in [-0.2, -0.15) is 0 Å². The van der Waals surface area contributed by atoms with Crippen molar-refractivity contribution >= 4 is 27.3 Å². The van der Waals surface area contributed by atoms with Crippen molar-refractivity contribution in [3.8, 4) is 16.9 Å². The molecule has 0 saturated heterocycles. The summed E-state index contributed by atoms with van der Waals surface area (Å²) in [6.45, 7) is 4.30. The predicted molar refractivity (Wildman–Crippen MR) is 111 cm³/mol. The van der Waals surface area contributed by atoms with Gasteiger partial charge >= 0.3 is 0 Å². The van der Waals surface area contributed by atoms with E-state index in [1.807, 2.05) is 30.5 Å². The smallest absolute Gasteiger partial charge is 0.262 e. The summed E-state index contributed by atoms with van der Waals surface area (Å²) in [7, 11) is 3.26. The van der Waals surface area contributed by atoms with Crippen LogP contribution in [0.5, 0.6) is 5.75 Å². The van der Waals surface area contributed by atoms with Crippen molar-refractivity contribution in [3.05, 3.63) is 45.3 Å². The Labute approximate surface area is 167 Å². The molecule has 0 spiro atoms. The molecule has 0 aliphatic carbocycles. The first-order valence-electron chi connectivity index (χ1n) is 9.10. The number of aryl methyl sites for hydroxylation is 1. The Morgan fingerprint density at radius 2 is 2.07 bits per heavy atom. The molecule has 0 bridgehead atoms. The van der Waals surface area contributed by atoms with E-state index in [0.29, 0.717) is 42.0 Å². The lowest BCUT2D eigenvalue weighted by molar-refractivity contribution is -0.117. The molecule has 2 aromatic heterocycles. The number of nitrogens with zero attached hydrogens (tertiary/aromatic N) is 2. The van der Waals surface area contributed by atoms with E-state index < -0.39 is 0 Å². The molecule has 3 aromatic rings. The van der Waals surface area contributed by atoms with Gasteiger partial charge in [-0.1, -0.05) is 6.07 Å². The predicted octanol–water partition coefficient (Wildman–Crippen LogP) is 3.61. The number of rotatable bonds is 8. The van der Waals surface area contributed by atoms with Gasteiger partial charge in [0.05, 0.1) is 19.1 Å². The molecule has 3 rings (SSSR count). The molecule has 6 nitrogen and oxygen atoms in total. The number of methoxy groups -OCH3 is 2. The monoisotopic (exact) mass is 400 g/mol. The quantitative estimate of drug-likeness (QED) is 0.578. The minimum absolute atomic E-state index is 0.0426. The van der Waals surface area contributed by atoms with Crippen LogP contribution in [0.2, 0.25) is 0 Å². The summed E-state index contributed by atoms with van der Waals surface area (Å²) in [4.78, 5) is 30.3. The number of benzene rings is 1. The van der Waals surface area contributed by atoms with E-state index >= 15 is 0 Å². The Balaban J connectivity index is 2.16. The van der Waals surface area contributed by atoms with Crippen LogP contribution in [0.3, 0.4) is 0 Å². The highest BCUT2D eigenvalue weighted by molar-refractivity contribution is 7.17. The minimum atomic E-state index is -0.109. The Morgan fingerprint density at radius 3 is 2.71 bits per heavy atom. The number of hydrogen-bond acceptors (Lipinski definition) is 6. The normalized spacial score (nSPS) is 11.1. The zero-order valence-electron chi connectivity index (χ0n) is 16.6. The SMILES string of the molecule is COCCc1nc2scc(-c3ccc(OC)c(C)c3)c2c(=O)n1CCC(C)=O. The second-order valence-corrected chi connectivity index (χ2v) is 7.55. The Morgan fingerprint density at radius 1 is 1.29 bits per heavy atom. The molecule has 148 valence electrons. The number of carbonyl (C=O) groups is 1. The van der Waals surface area contributed by atoms with Crippen LogP contribution in [0.1, 0.15) is 24.7 Å². The molecule has 0 saturated carbocycles. The fraction of sp³-hybridized carbons (Fsp3) is 0.381. The van der Waals surface area contributed by atoms with Crippen molar-refractivity contribution in [2.45, 2.75) is 33.2 Å². The summed E-state index contributed by atoms with van der Waals surface area (Å²) in [5, 5.41) is 2.56. The fourth-order valence-electron chi connectivity index (χ4n) is 3.21. The van der Waals surface area contributed by atoms with Crippen molar-refractivity contribution in [1.82, 2.24) is 9.55 Å². The lowest BCUT2D eigenvalue weighted by Gasteiger charge is -2.12. The largest absolute Gasteiger partial charge is 0.496 e. The summed E-state index contributed by atoms with van der Waals surface area (Å²) < 4.78 is 12.1. The van der Waals surface area contributed by atoms with E-state index in [2.05, 4.69) is 0 Å². The Hall–Kier alpha value is -2.51. The van der Waals surface area contributed by atoms with Gasteiger partial charge in [-0.05, 0) is 37.1 Å². The molecule has 0 aliphatic heterocycles. The van der Waals surface area contributed by atoms with Gasteiger partial charge < -0.3 is 9.47 Å². The lowest BCUT2D eigenvalue weighted by atomic mass is 10.0. The second kappa shape index (κ2) is 8.67. The maximum absolute atomic E-state index is 13.3. The number of hydrogen-bond donors (Lipinski definition) is 0. The number of thiophene rings is 1. The molecule has 0 N–H and O–H groups in total. The van der Waals surface area contributed by atoms with Crippen LogP contribution in [-0.4, -0.2) is 36.2 Å². The maximum atomic E-state index is 13.3. The highest BCUT2D eigenvalue weighted by Crippen LogP contribution is 2.33. The van der Waals surface area contributed by atoms with Crippen molar-refractivity contribution in [2.24, 2.45) is 0 Å². The molecule has 7 heteroatoms. The second-order valence-electron chi connectivity index (χ2n) is 6.69. The molecular weight excluding hydrogens is 376 g/mol. The highest BCUT2D eigenvalue weighted by Gasteiger charge is 2.18. The van der Waals surface area contributed by atoms with Gasteiger partial charge in [-0.3, -0.25) is 14.2 Å². The van der Waals surface area contributed by atoms with Crippen LogP contribution >= 0.6 is 11.3 Å². The molecule has 0 unspecified atom stereocenters. The number of aromatic nitrogens is 2. The van der Waals surface area contributed by atoms with Crippen LogP contribution in [-0.2, 0) is 22.5 Å². The Kier molecular flexibility index (Phi) is 6.26. The summed E-state index contributed by atoms with van der Waals surface area (Å²) >= 11 is 1.46. The van der Waals surface area contributed by atoms with Crippen LogP contribution in [0.4, 0.5) is 0 Å². The van der Waals surface area contributed by atoms with Crippen LogP contribution < -0.4 is 10.3 Å². The third-order valence-electron chi connectivity index (χ3n) is 4.70. The maximum Gasteiger partial charge on any atom is 0.262 e. The minimum Gasteiger partial charge on any atom is -0.496 e. The third kappa shape index (κ3) is 4.00. The van der Waals surface area contributed by atoms with Gasteiger partial charge in [0.2, 0.25) is 0 Å². The van der Waals surface area contributed by atoms with Gasteiger partial charge in [0, 0.05) is 37.4 Å². The van der Waals surface area contributed by atoms with Gasteiger partial charge in [0.15, 0.2) is 0 Å². The van der Waals surface area contributed by atoms with E-state index in [1.165, 1.54) is 18.3 Å². The Bertz CT molecular complexity index is 1070. The van der Waals surface area contributed by atoms with E-state index in [4.69, 9.17) is 14.5 Å². The van der Waals surface area contributed by atoms with Gasteiger partial charge in [0.1, 0.15) is 22.2 Å². The molecule has 0 radical (unpaired) electrons. The third-order valence-corrected chi connectivity index (χ3v) is 5.57. The molecule has 2 heterocycles. The molecule has 28 heavy (non-hydrogen) atoms. The summed E-state index contributed by atoms with van der Waals surface area (Å²) in [6.07, 6.45) is 0.822. The lowest BCUT2D eigenvalue weighted by Crippen LogP contribution is -2.26. The first-order valence-corrected chi connectivity index (χ1v) is 9.98. The zero-order chi connectivity index (χ0) is 20.3. The van der Waals surface area contributed by atoms with E-state index in [-0.39, 0.29) is 11.3 Å². The van der Waals surface area contributed by atoms with Gasteiger partial charge in [-0.25, -0.2) is 4.98 Å².